The number of carbonyl (C=O) groups excluding carboxylic acids is 2. The highest BCUT2D eigenvalue weighted by molar-refractivity contribution is 5.80. The summed E-state index contributed by atoms with van der Waals surface area (Å²) in [5.74, 6) is -1.42. The van der Waals surface area contributed by atoms with Crippen molar-refractivity contribution in [3.05, 3.63) is 59.7 Å². The van der Waals surface area contributed by atoms with Crippen molar-refractivity contribution >= 4 is 18.0 Å². The SMILES string of the molecule is CC(CC(=O)N[C@@H]1CCC[C@H](C(=O)O)C1)NC(=O)OCC1c2ccccc2-c2ccccc21. The van der Waals surface area contributed by atoms with Crippen LogP contribution < -0.4 is 10.6 Å². The predicted octanol–water partition coefficient (Wildman–Crippen LogP) is 4.06. The van der Waals surface area contributed by atoms with Gasteiger partial charge in [0.1, 0.15) is 6.61 Å². The third kappa shape index (κ3) is 5.35. The van der Waals surface area contributed by atoms with Gasteiger partial charge in [-0.3, -0.25) is 9.59 Å². The Kier molecular flexibility index (Phi) is 6.96. The fourth-order valence-electron chi connectivity index (χ4n) is 5.00. The number of benzene rings is 2. The number of nitrogens with one attached hydrogen (secondary N) is 2. The molecule has 0 heterocycles. The quantitative estimate of drug-likeness (QED) is 0.590. The molecule has 33 heavy (non-hydrogen) atoms. The Balaban J connectivity index is 1.25. The lowest BCUT2D eigenvalue weighted by Crippen LogP contribution is -2.43. The van der Waals surface area contributed by atoms with E-state index in [4.69, 9.17) is 4.74 Å². The summed E-state index contributed by atoms with van der Waals surface area (Å²) in [7, 11) is 0. The molecular weight excluding hydrogens is 420 g/mol. The van der Waals surface area contributed by atoms with E-state index in [1.165, 1.54) is 11.1 Å². The summed E-state index contributed by atoms with van der Waals surface area (Å²) in [6.07, 6.45) is 2.23. The lowest BCUT2D eigenvalue weighted by atomic mass is 9.85. The Morgan fingerprint density at radius 3 is 2.30 bits per heavy atom. The van der Waals surface area contributed by atoms with Gasteiger partial charge in [-0.25, -0.2) is 4.79 Å². The van der Waals surface area contributed by atoms with E-state index in [1.54, 1.807) is 6.92 Å². The molecule has 2 aromatic carbocycles. The molecule has 4 rings (SSSR count). The second-order valence-corrected chi connectivity index (χ2v) is 9.04. The first-order valence-electron chi connectivity index (χ1n) is 11.6. The van der Waals surface area contributed by atoms with Gasteiger partial charge in [-0.15, -0.1) is 0 Å². The maximum Gasteiger partial charge on any atom is 0.407 e. The van der Waals surface area contributed by atoms with Crippen LogP contribution in [0.4, 0.5) is 4.79 Å². The average molecular weight is 451 g/mol. The molecule has 2 aliphatic carbocycles. The van der Waals surface area contributed by atoms with Gasteiger partial charge in [0, 0.05) is 24.4 Å². The molecule has 7 heteroatoms. The predicted molar refractivity (Wildman–Crippen MR) is 124 cm³/mol. The summed E-state index contributed by atoms with van der Waals surface area (Å²) < 4.78 is 5.54. The number of fused-ring (bicyclic) bond motifs is 3. The minimum Gasteiger partial charge on any atom is -0.481 e. The molecule has 3 atom stereocenters. The van der Waals surface area contributed by atoms with Crippen LogP contribution in [0.15, 0.2) is 48.5 Å². The molecule has 2 aliphatic rings. The summed E-state index contributed by atoms with van der Waals surface area (Å²) >= 11 is 0. The van der Waals surface area contributed by atoms with Gasteiger partial charge in [0.25, 0.3) is 0 Å². The third-order valence-corrected chi connectivity index (χ3v) is 6.59. The minimum absolute atomic E-state index is 0.0183. The number of carbonyl (C=O) groups is 3. The smallest absolute Gasteiger partial charge is 0.407 e. The number of carboxylic acid groups (broad SMARTS) is 1. The van der Waals surface area contributed by atoms with Crippen LogP contribution in [0.2, 0.25) is 0 Å². The van der Waals surface area contributed by atoms with Gasteiger partial charge in [0.15, 0.2) is 0 Å². The van der Waals surface area contributed by atoms with E-state index in [0.29, 0.717) is 12.8 Å². The zero-order valence-electron chi connectivity index (χ0n) is 18.8. The molecule has 1 saturated carbocycles. The molecule has 2 aromatic rings. The van der Waals surface area contributed by atoms with Crippen molar-refractivity contribution in [1.29, 1.82) is 0 Å². The summed E-state index contributed by atoms with van der Waals surface area (Å²) in [6, 6.07) is 15.8. The molecule has 0 saturated heterocycles. The van der Waals surface area contributed by atoms with Crippen LogP contribution in [0.5, 0.6) is 0 Å². The van der Waals surface area contributed by atoms with Gasteiger partial charge in [0.2, 0.25) is 5.91 Å². The maximum absolute atomic E-state index is 12.4. The molecule has 0 aromatic heterocycles. The van der Waals surface area contributed by atoms with Crippen LogP contribution in [0.25, 0.3) is 11.1 Å². The normalized spacial score (nSPS) is 20.3. The van der Waals surface area contributed by atoms with E-state index in [0.717, 1.165) is 24.0 Å². The van der Waals surface area contributed by atoms with Crippen molar-refractivity contribution in [3.63, 3.8) is 0 Å². The second-order valence-electron chi connectivity index (χ2n) is 9.04. The molecule has 0 aliphatic heterocycles. The Labute approximate surface area is 193 Å². The largest absolute Gasteiger partial charge is 0.481 e. The number of ether oxygens (including phenoxy) is 1. The highest BCUT2D eigenvalue weighted by Crippen LogP contribution is 2.44. The molecule has 0 radical (unpaired) electrons. The van der Waals surface area contributed by atoms with Crippen LogP contribution in [-0.4, -0.2) is 41.8 Å². The van der Waals surface area contributed by atoms with E-state index in [2.05, 4.69) is 34.9 Å². The van der Waals surface area contributed by atoms with Crippen LogP contribution in [-0.2, 0) is 14.3 Å². The summed E-state index contributed by atoms with van der Waals surface area (Å²) in [5.41, 5.74) is 4.62. The van der Waals surface area contributed by atoms with Crippen molar-refractivity contribution in [1.82, 2.24) is 10.6 Å². The summed E-state index contributed by atoms with van der Waals surface area (Å²) in [4.78, 5) is 36.0. The van der Waals surface area contributed by atoms with E-state index >= 15 is 0 Å². The van der Waals surface area contributed by atoms with E-state index in [9.17, 15) is 19.5 Å². The molecule has 0 spiro atoms. The molecule has 1 unspecified atom stereocenters. The van der Waals surface area contributed by atoms with Gasteiger partial charge in [-0.2, -0.15) is 0 Å². The number of alkyl carbamates (subject to hydrolysis) is 1. The van der Waals surface area contributed by atoms with Gasteiger partial charge in [0.05, 0.1) is 5.92 Å². The third-order valence-electron chi connectivity index (χ3n) is 6.59. The first-order chi connectivity index (χ1) is 15.9. The standard InChI is InChI=1S/C26H30N2O5/c1-16(13-24(29)28-18-8-6-7-17(14-18)25(30)31)27-26(32)33-15-23-21-11-4-2-9-19(21)20-10-3-5-12-22(20)23/h2-5,9-12,16-18,23H,6-8,13-15H2,1H3,(H,27,32)(H,28,29)(H,30,31)/t16?,17-,18+/m0/s1. The molecular formula is C26H30N2O5. The van der Waals surface area contributed by atoms with Crippen molar-refractivity contribution in [2.75, 3.05) is 6.61 Å². The van der Waals surface area contributed by atoms with Gasteiger partial charge in [-0.05, 0) is 48.4 Å². The van der Waals surface area contributed by atoms with E-state index in [1.807, 2.05) is 24.3 Å². The van der Waals surface area contributed by atoms with Gasteiger partial charge < -0.3 is 20.5 Å². The lowest BCUT2D eigenvalue weighted by molar-refractivity contribution is -0.143. The van der Waals surface area contributed by atoms with Crippen LogP contribution in [0.3, 0.4) is 0 Å². The van der Waals surface area contributed by atoms with Gasteiger partial charge >= 0.3 is 12.1 Å². The number of amides is 2. The van der Waals surface area contributed by atoms with Crippen LogP contribution in [0.1, 0.15) is 56.1 Å². The minimum atomic E-state index is -0.806. The Morgan fingerprint density at radius 1 is 1.03 bits per heavy atom. The first-order valence-corrected chi connectivity index (χ1v) is 11.6. The van der Waals surface area contributed by atoms with E-state index in [-0.39, 0.29) is 30.9 Å². The summed E-state index contributed by atoms with van der Waals surface area (Å²) in [6.45, 7) is 1.97. The fraction of sp³-hybridized carbons (Fsp3) is 0.423. The maximum atomic E-state index is 12.4. The first kappa shape index (κ1) is 22.8. The molecule has 1 fully saturated rings. The summed E-state index contributed by atoms with van der Waals surface area (Å²) in [5, 5.41) is 14.8. The topological polar surface area (TPSA) is 105 Å². The Bertz CT molecular complexity index is 991. The Morgan fingerprint density at radius 2 is 1.67 bits per heavy atom. The number of rotatable bonds is 7. The lowest BCUT2D eigenvalue weighted by Gasteiger charge is -2.27. The van der Waals surface area contributed by atoms with Crippen molar-refractivity contribution in [2.45, 2.75) is 57.0 Å². The van der Waals surface area contributed by atoms with Crippen molar-refractivity contribution < 1.29 is 24.2 Å². The fourth-order valence-corrected chi connectivity index (χ4v) is 5.00. The zero-order chi connectivity index (χ0) is 23.4. The van der Waals surface area contributed by atoms with Crippen LogP contribution in [0, 0.1) is 5.92 Å². The average Bonchev–Trinajstić information content (AvgIpc) is 3.11. The molecule has 2 amide bonds. The molecule has 0 bridgehead atoms. The number of aliphatic carboxylic acids is 1. The van der Waals surface area contributed by atoms with Crippen LogP contribution >= 0.6 is 0 Å². The van der Waals surface area contributed by atoms with E-state index < -0.39 is 24.0 Å². The number of carboxylic acids is 1. The second kappa shape index (κ2) is 10.1. The monoisotopic (exact) mass is 450 g/mol. The number of hydrogen-bond acceptors (Lipinski definition) is 4. The molecule has 174 valence electrons. The van der Waals surface area contributed by atoms with Crippen molar-refractivity contribution in [3.8, 4) is 11.1 Å². The zero-order valence-corrected chi connectivity index (χ0v) is 18.8. The van der Waals surface area contributed by atoms with Gasteiger partial charge in [-0.1, -0.05) is 55.0 Å². The number of hydrogen-bond donors (Lipinski definition) is 3. The highest BCUT2D eigenvalue weighted by atomic mass is 16.5. The van der Waals surface area contributed by atoms with Crippen molar-refractivity contribution in [2.24, 2.45) is 5.92 Å². The molecule has 3 N–H and O–H groups in total. The molecule has 7 nitrogen and oxygen atoms in total. The highest BCUT2D eigenvalue weighted by Gasteiger charge is 2.30. The Hall–Kier alpha value is -3.35.